The molecule has 4 aromatic rings. The molecule has 3 heterocycles. The number of anilines is 1. The Kier molecular flexibility index (Phi) is 5.60. The summed E-state index contributed by atoms with van der Waals surface area (Å²) < 4.78 is 3.38. The number of hydrogen-bond donors (Lipinski definition) is 1. The number of nitrogens with zero attached hydrogens (tertiary/aromatic N) is 6. The van der Waals surface area contributed by atoms with E-state index in [9.17, 15) is 4.79 Å². The minimum Gasteiger partial charge on any atom is -0.399 e. The van der Waals surface area contributed by atoms with Crippen molar-refractivity contribution >= 4 is 23.1 Å². The Hall–Kier alpha value is -4.01. The summed E-state index contributed by atoms with van der Waals surface area (Å²) in [6.07, 6.45) is 8.59. The van der Waals surface area contributed by atoms with Crippen molar-refractivity contribution in [2.45, 2.75) is 38.5 Å². The van der Waals surface area contributed by atoms with E-state index in [1.54, 1.807) is 34.8 Å². The molecule has 168 valence electrons. The van der Waals surface area contributed by atoms with Crippen LogP contribution in [0.3, 0.4) is 0 Å². The predicted molar refractivity (Wildman–Crippen MR) is 125 cm³/mol. The average molecular weight is 444 g/mol. The molecule has 1 amide bonds. The van der Waals surface area contributed by atoms with Gasteiger partial charge in [-0.1, -0.05) is 22.9 Å². The summed E-state index contributed by atoms with van der Waals surface area (Å²) in [5.74, 6) is 0.633. The number of rotatable bonds is 5. The molecule has 9 heteroatoms. The number of hydrogen-bond acceptors (Lipinski definition) is 6. The zero-order valence-electron chi connectivity index (χ0n) is 18.6. The van der Waals surface area contributed by atoms with Crippen molar-refractivity contribution in [2.75, 3.05) is 12.4 Å². The first kappa shape index (κ1) is 20.9. The molecule has 9 nitrogen and oxygen atoms in total. The number of nitrogens with one attached hydrogen (secondary N) is 1. The lowest BCUT2D eigenvalue weighted by Crippen LogP contribution is -2.15. The molecule has 1 aliphatic carbocycles. The standard InChI is InChI=1S/C24H25N7O2/c1-16-4-10-19(11-5-16)31-22(14-21(28-31)17-6-8-18(9-7-17)29-33-2)27-24(32)20-15-26-30-13-3-12-25-23(20)30/h3-5,10-15,17H,6-9H2,1-2H3,(H,27,32). The van der Waals surface area contributed by atoms with Crippen molar-refractivity contribution in [3.8, 4) is 5.69 Å². The van der Waals surface area contributed by atoms with Crippen LogP contribution in [0.25, 0.3) is 11.3 Å². The minimum atomic E-state index is -0.276. The second-order valence-corrected chi connectivity index (χ2v) is 8.22. The van der Waals surface area contributed by atoms with Crippen LogP contribution in [0.2, 0.25) is 0 Å². The van der Waals surface area contributed by atoms with Gasteiger partial charge in [-0.05, 0) is 50.8 Å². The van der Waals surface area contributed by atoms with E-state index in [0.29, 0.717) is 22.9 Å². The quantitative estimate of drug-likeness (QED) is 0.468. The van der Waals surface area contributed by atoms with Gasteiger partial charge in [0.05, 0.1) is 23.3 Å². The molecule has 5 rings (SSSR count). The molecule has 0 unspecified atom stereocenters. The minimum absolute atomic E-state index is 0.276. The van der Waals surface area contributed by atoms with E-state index in [2.05, 4.69) is 20.6 Å². The Bertz CT molecular complexity index is 1310. The zero-order chi connectivity index (χ0) is 22.8. The highest BCUT2D eigenvalue weighted by Crippen LogP contribution is 2.33. The summed E-state index contributed by atoms with van der Waals surface area (Å²) in [5, 5.41) is 16.3. The molecule has 0 aliphatic heterocycles. The maximum absolute atomic E-state index is 13.2. The summed E-state index contributed by atoms with van der Waals surface area (Å²) in [6.45, 7) is 2.04. The third-order valence-corrected chi connectivity index (χ3v) is 5.97. The van der Waals surface area contributed by atoms with E-state index < -0.39 is 0 Å². The van der Waals surface area contributed by atoms with Crippen LogP contribution in [-0.4, -0.2) is 43.1 Å². The number of amides is 1. The number of oxime groups is 1. The largest absolute Gasteiger partial charge is 0.399 e. The van der Waals surface area contributed by atoms with Gasteiger partial charge >= 0.3 is 0 Å². The normalized spacial score (nSPS) is 16.1. The first-order valence-corrected chi connectivity index (χ1v) is 11.0. The fraction of sp³-hybridized carbons (Fsp3) is 0.292. The SMILES string of the molecule is CON=C1CCC(c2cc(NC(=O)c3cnn4cccnc34)n(-c3ccc(C)cc3)n2)CC1. The Morgan fingerprint density at radius 2 is 2.00 bits per heavy atom. The van der Waals surface area contributed by atoms with Crippen LogP contribution < -0.4 is 5.32 Å². The molecule has 0 spiro atoms. The zero-order valence-corrected chi connectivity index (χ0v) is 18.6. The molecule has 1 saturated carbocycles. The average Bonchev–Trinajstić information content (AvgIpc) is 3.45. The highest BCUT2D eigenvalue weighted by atomic mass is 16.6. The molecule has 33 heavy (non-hydrogen) atoms. The van der Waals surface area contributed by atoms with E-state index >= 15 is 0 Å². The van der Waals surface area contributed by atoms with Crippen molar-refractivity contribution in [3.63, 3.8) is 0 Å². The molecule has 0 bridgehead atoms. The fourth-order valence-corrected chi connectivity index (χ4v) is 4.21. The van der Waals surface area contributed by atoms with Gasteiger partial charge in [-0.2, -0.15) is 10.2 Å². The van der Waals surface area contributed by atoms with Crippen LogP contribution in [0.5, 0.6) is 0 Å². The number of carbonyl (C=O) groups excluding carboxylic acids is 1. The van der Waals surface area contributed by atoms with Crippen LogP contribution in [0.4, 0.5) is 5.82 Å². The molecular weight excluding hydrogens is 418 g/mol. The monoisotopic (exact) mass is 443 g/mol. The Morgan fingerprint density at radius 3 is 2.76 bits per heavy atom. The first-order chi connectivity index (χ1) is 16.1. The van der Waals surface area contributed by atoms with Crippen molar-refractivity contribution in [1.29, 1.82) is 0 Å². The lowest BCUT2D eigenvalue weighted by atomic mass is 9.86. The fourth-order valence-electron chi connectivity index (χ4n) is 4.21. The predicted octanol–water partition coefficient (Wildman–Crippen LogP) is 4.14. The van der Waals surface area contributed by atoms with E-state index in [-0.39, 0.29) is 5.91 Å². The number of aryl methyl sites for hydroxylation is 1. The van der Waals surface area contributed by atoms with Gasteiger partial charge in [-0.3, -0.25) is 4.79 Å². The van der Waals surface area contributed by atoms with Gasteiger partial charge in [0, 0.05) is 24.4 Å². The van der Waals surface area contributed by atoms with Gasteiger partial charge in [-0.15, -0.1) is 0 Å². The van der Waals surface area contributed by atoms with Crippen molar-refractivity contribution in [3.05, 3.63) is 71.8 Å². The van der Waals surface area contributed by atoms with E-state index in [1.807, 2.05) is 37.3 Å². The summed E-state index contributed by atoms with van der Waals surface area (Å²) >= 11 is 0. The summed E-state index contributed by atoms with van der Waals surface area (Å²) in [6, 6.07) is 11.8. The van der Waals surface area contributed by atoms with Crippen LogP contribution in [-0.2, 0) is 4.84 Å². The van der Waals surface area contributed by atoms with Gasteiger partial charge < -0.3 is 10.2 Å². The highest BCUT2D eigenvalue weighted by molar-refractivity contribution is 6.07. The van der Waals surface area contributed by atoms with Gasteiger partial charge in [0.1, 0.15) is 18.5 Å². The number of fused-ring (bicyclic) bond motifs is 1. The van der Waals surface area contributed by atoms with Crippen molar-refractivity contribution in [1.82, 2.24) is 24.4 Å². The van der Waals surface area contributed by atoms with E-state index in [4.69, 9.17) is 9.94 Å². The van der Waals surface area contributed by atoms with Crippen molar-refractivity contribution < 1.29 is 9.63 Å². The molecule has 0 atom stereocenters. The van der Waals surface area contributed by atoms with Gasteiger partial charge in [-0.25, -0.2) is 14.2 Å². The number of benzene rings is 1. The molecule has 0 radical (unpaired) electrons. The Labute approximate surface area is 191 Å². The second kappa shape index (κ2) is 8.85. The second-order valence-electron chi connectivity index (χ2n) is 8.22. The molecule has 1 aromatic carbocycles. The third kappa shape index (κ3) is 4.21. The van der Waals surface area contributed by atoms with E-state index in [1.165, 1.54) is 6.20 Å². The molecule has 1 fully saturated rings. The van der Waals surface area contributed by atoms with Crippen LogP contribution in [0.15, 0.2) is 60.1 Å². The lowest BCUT2D eigenvalue weighted by Gasteiger charge is -2.20. The van der Waals surface area contributed by atoms with Gasteiger partial charge in [0.25, 0.3) is 5.91 Å². The third-order valence-electron chi connectivity index (χ3n) is 5.97. The van der Waals surface area contributed by atoms with Gasteiger partial charge in [0.15, 0.2) is 5.65 Å². The topological polar surface area (TPSA) is 98.7 Å². The van der Waals surface area contributed by atoms with Crippen LogP contribution in [0, 0.1) is 6.92 Å². The molecule has 3 aromatic heterocycles. The van der Waals surface area contributed by atoms with Gasteiger partial charge in [0.2, 0.25) is 0 Å². The number of carbonyl (C=O) groups is 1. The summed E-state index contributed by atoms with van der Waals surface area (Å²) in [4.78, 5) is 22.4. The highest BCUT2D eigenvalue weighted by Gasteiger charge is 2.25. The van der Waals surface area contributed by atoms with Crippen LogP contribution >= 0.6 is 0 Å². The first-order valence-electron chi connectivity index (χ1n) is 11.0. The Morgan fingerprint density at radius 1 is 1.21 bits per heavy atom. The van der Waals surface area contributed by atoms with Crippen LogP contribution in [0.1, 0.15) is 53.2 Å². The lowest BCUT2D eigenvalue weighted by molar-refractivity contribution is 0.102. The Balaban J connectivity index is 1.46. The maximum atomic E-state index is 13.2. The summed E-state index contributed by atoms with van der Waals surface area (Å²) in [7, 11) is 1.58. The molecule has 0 saturated heterocycles. The van der Waals surface area contributed by atoms with Crippen molar-refractivity contribution in [2.24, 2.45) is 5.16 Å². The maximum Gasteiger partial charge on any atom is 0.262 e. The number of aromatic nitrogens is 5. The molecule has 1 aliphatic rings. The van der Waals surface area contributed by atoms with E-state index in [0.717, 1.165) is 48.3 Å². The summed E-state index contributed by atoms with van der Waals surface area (Å²) in [5.41, 5.74) is 5.01. The molecular formula is C24H25N7O2. The smallest absolute Gasteiger partial charge is 0.262 e. The molecule has 1 N–H and O–H groups in total.